The molecule has 0 fully saturated rings. The quantitative estimate of drug-likeness (QED) is 0.775. The van der Waals surface area contributed by atoms with Crippen LogP contribution in [0.3, 0.4) is 0 Å². The number of hydrogen-bond donors (Lipinski definition) is 2. The van der Waals surface area contributed by atoms with Gasteiger partial charge >= 0.3 is 0 Å². The van der Waals surface area contributed by atoms with Crippen LogP contribution in [0.25, 0.3) is 0 Å². The lowest BCUT2D eigenvalue weighted by molar-refractivity contribution is 0.350. The summed E-state index contributed by atoms with van der Waals surface area (Å²) in [7, 11) is 0. The first kappa shape index (κ1) is 16.9. The summed E-state index contributed by atoms with van der Waals surface area (Å²) in [5.41, 5.74) is 6.19. The molecule has 5 nitrogen and oxygen atoms in total. The number of anilines is 1. The molecule has 0 amide bonds. The minimum absolute atomic E-state index is 0.972. The summed E-state index contributed by atoms with van der Waals surface area (Å²) in [5.74, 6) is 1.02. The van der Waals surface area contributed by atoms with Crippen molar-refractivity contribution in [1.29, 1.82) is 0 Å². The van der Waals surface area contributed by atoms with Crippen LogP contribution in [0.15, 0.2) is 42.9 Å². The molecule has 0 unspecified atom stereocenters. The van der Waals surface area contributed by atoms with E-state index in [1.54, 1.807) is 0 Å². The highest BCUT2D eigenvalue weighted by molar-refractivity contribution is 5.52. The van der Waals surface area contributed by atoms with E-state index < -0.39 is 0 Å². The van der Waals surface area contributed by atoms with Crippen LogP contribution < -0.4 is 5.32 Å². The van der Waals surface area contributed by atoms with Gasteiger partial charge in [0.1, 0.15) is 5.82 Å². The molecule has 0 atom stereocenters. The number of aromatic nitrogens is 3. The Labute approximate surface area is 155 Å². The molecule has 2 aromatic rings. The molecule has 0 saturated carbocycles. The van der Waals surface area contributed by atoms with Crippen LogP contribution in [0, 0.1) is 0 Å². The highest BCUT2D eigenvalue weighted by Crippen LogP contribution is 2.24. The van der Waals surface area contributed by atoms with Crippen molar-refractivity contribution in [2.24, 2.45) is 0 Å². The SMILES string of the molecule is C=C1CCc2ccc(CCCCC=CN3CCc4[nH]ncc4C3)nc2N1. The van der Waals surface area contributed by atoms with Crippen molar-refractivity contribution in [3.63, 3.8) is 0 Å². The molecule has 0 bridgehead atoms. The molecule has 2 aliphatic heterocycles. The third-order valence-corrected chi connectivity index (χ3v) is 5.23. The Morgan fingerprint density at radius 2 is 2.12 bits per heavy atom. The lowest BCUT2D eigenvalue weighted by Crippen LogP contribution is -2.25. The summed E-state index contributed by atoms with van der Waals surface area (Å²) in [6, 6.07) is 4.40. The molecule has 0 aromatic carbocycles. The van der Waals surface area contributed by atoms with E-state index >= 15 is 0 Å². The van der Waals surface area contributed by atoms with Crippen molar-refractivity contribution in [3.05, 3.63) is 65.4 Å². The molecule has 2 N–H and O–H groups in total. The molecule has 4 heterocycles. The summed E-state index contributed by atoms with van der Waals surface area (Å²) >= 11 is 0. The number of H-pyrrole nitrogens is 1. The van der Waals surface area contributed by atoms with E-state index in [9.17, 15) is 0 Å². The minimum atomic E-state index is 0.972. The number of nitrogens with one attached hydrogen (secondary N) is 2. The van der Waals surface area contributed by atoms with Crippen LogP contribution in [0.4, 0.5) is 5.82 Å². The number of hydrogen-bond acceptors (Lipinski definition) is 4. The molecular weight excluding hydrogens is 322 g/mol. The Morgan fingerprint density at radius 1 is 1.15 bits per heavy atom. The van der Waals surface area contributed by atoms with Gasteiger partial charge in [0.15, 0.2) is 0 Å². The predicted molar refractivity (Wildman–Crippen MR) is 105 cm³/mol. The zero-order valence-electron chi connectivity index (χ0n) is 15.3. The number of nitrogens with zero attached hydrogens (tertiary/aromatic N) is 3. The van der Waals surface area contributed by atoms with Gasteiger partial charge < -0.3 is 10.2 Å². The van der Waals surface area contributed by atoms with Gasteiger partial charge in [-0.2, -0.15) is 5.10 Å². The van der Waals surface area contributed by atoms with Gasteiger partial charge in [-0.15, -0.1) is 0 Å². The van der Waals surface area contributed by atoms with E-state index in [2.05, 4.69) is 51.4 Å². The maximum atomic E-state index is 4.76. The average molecular weight is 349 g/mol. The number of allylic oxidation sites excluding steroid dienone is 2. The van der Waals surface area contributed by atoms with Gasteiger partial charge in [0, 0.05) is 42.2 Å². The van der Waals surface area contributed by atoms with Crippen molar-refractivity contribution >= 4 is 5.82 Å². The van der Waals surface area contributed by atoms with Crippen LogP contribution in [-0.2, 0) is 25.8 Å². The van der Waals surface area contributed by atoms with Gasteiger partial charge in [-0.1, -0.05) is 18.7 Å². The smallest absolute Gasteiger partial charge is 0.133 e. The molecule has 2 aromatic heterocycles. The molecule has 4 rings (SSSR count). The Hall–Kier alpha value is -2.56. The first-order valence-corrected chi connectivity index (χ1v) is 9.63. The van der Waals surface area contributed by atoms with E-state index in [1.165, 1.54) is 35.4 Å². The zero-order valence-corrected chi connectivity index (χ0v) is 15.3. The van der Waals surface area contributed by atoms with Crippen molar-refractivity contribution in [1.82, 2.24) is 20.1 Å². The Kier molecular flexibility index (Phi) is 5.04. The van der Waals surface area contributed by atoms with E-state index in [-0.39, 0.29) is 0 Å². The van der Waals surface area contributed by atoms with Gasteiger partial charge in [0.25, 0.3) is 0 Å². The number of rotatable bonds is 6. The number of aromatic amines is 1. The minimum Gasteiger partial charge on any atom is -0.373 e. The summed E-state index contributed by atoms with van der Waals surface area (Å²) in [5, 5.41) is 10.5. The van der Waals surface area contributed by atoms with Crippen LogP contribution in [0.2, 0.25) is 0 Å². The van der Waals surface area contributed by atoms with Crippen molar-refractivity contribution in [2.75, 3.05) is 11.9 Å². The largest absolute Gasteiger partial charge is 0.373 e. The molecule has 0 radical (unpaired) electrons. The zero-order chi connectivity index (χ0) is 17.8. The summed E-state index contributed by atoms with van der Waals surface area (Å²) in [6.07, 6.45) is 14.2. The number of pyridine rings is 1. The standard InChI is InChI=1S/C21H27N5/c1-16-7-8-17-9-10-19(24-21(17)23-16)6-4-2-3-5-12-26-13-11-20-18(15-26)14-22-25-20/h5,9-10,12,14H,1-4,6-8,11,13,15H2,(H,22,25)(H,23,24). The molecule has 0 saturated heterocycles. The second-order valence-electron chi connectivity index (χ2n) is 7.26. The first-order valence-electron chi connectivity index (χ1n) is 9.63. The van der Waals surface area contributed by atoms with E-state index in [1.807, 2.05) is 6.20 Å². The fraction of sp³-hybridized carbons (Fsp3) is 0.429. The Balaban J connectivity index is 1.19. The average Bonchev–Trinajstić information content (AvgIpc) is 3.12. The fourth-order valence-corrected chi connectivity index (χ4v) is 3.66. The summed E-state index contributed by atoms with van der Waals surface area (Å²) in [6.45, 7) is 6.06. The van der Waals surface area contributed by atoms with Gasteiger partial charge in [-0.3, -0.25) is 5.10 Å². The first-order chi connectivity index (χ1) is 12.8. The van der Waals surface area contributed by atoms with Crippen LogP contribution in [0.5, 0.6) is 0 Å². The predicted octanol–water partition coefficient (Wildman–Crippen LogP) is 3.96. The van der Waals surface area contributed by atoms with Gasteiger partial charge in [-0.05, 0) is 56.4 Å². The van der Waals surface area contributed by atoms with E-state index in [0.717, 1.165) is 56.7 Å². The fourth-order valence-electron chi connectivity index (χ4n) is 3.66. The van der Waals surface area contributed by atoms with Gasteiger partial charge in [-0.25, -0.2) is 4.98 Å². The normalized spacial score (nSPS) is 16.5. The van der Waals surface area contributed by atoms with Crippen LogP contribution in [-0.4, -0.2) is 26.6 Å². The van der Waals surface area contributed by atoms with E-state index in [4.69, 9.17) is 4.98 Å². The molecule has 5 heteroatoms. The monoisotopic (exact) mass is 349 g/mol. The van der Waals surface area contributed by atoms with Crippen LogP contribution >= 0.6 is 0 Å². The van der Waals surface area contributed by atoms with Crippen molar-refractivity contribution in [3.8, 4) is 0 Å². The molecule has 26 heavy (non-hydrogen) atoms. The number of aryl methyl sites for hydroxylation is 2. The van der Waals surface area contributed by atoms with Crippen molar-refractivity contribution in [2.45, 2.75) is 51.5 Å². The Morgan fingerprint density at radius 3 is 3.08 bits per heavy atom. The lowest BCUT2D eigenvalue weighted by atomic mass is 10.0. The molecule has 0 aliphatic carbocycles. The second kappa shape index (κ2) is 7.77. The number of fused-ring (bicyclic) bond motifs is 2. The lowest BCUT2D eigenvalue weighted by Gasteiger charge is -2.24. The highest BCUT2D eigenvalue weighted by Gasteiger charge is 2.15. The topological polar surface area (TPSA) is 56.8 Å². The van der Waals surface area contributed by atoms with Crippen molar-refractivity contribution < 1.29 is 0 Å². The van der Waals surface area contributed by atoms with Gasteiger partial charge in [0.05, 0.1) is 6.20 Å². The molecule has 0 spiro atoms. The summed E-state index contributed by atoms with van der Waals surface area (Å²) < 4.78 is 0. The maximum absolute atomic E-state index is 4.76. The maximum Gasteiger partial charge on any atom is 0.133 e. The highest BCUT2D eigenvalue weighted by atomic mass is 15.2. The van der Waals surface area contributed by atoms with Gasteiger partial charge in [0.2, 0.25) is 0 Å². The molecule has 2 aliphatic rings. The third kappa shape index (κ3) is 3.98. The van der Waals surface area contributed by atoms with E-state index in [0.29, 0.717) is 0 Å². The Bertz CT molecular complexity index is 804. The number of unbranched alkanes of at least 4 members (excludes halogenated alkanes) is 2. The summed E-state index contributed by atoms with van der Waals surface area (Å²) in [4.78, 5) is 7.14. The third-order valence-electron chi connectivity index (χ3n) is 5.23. The molecule has 136 valence electrons. The van der Waals surface area contributed by atoms with Crippen LogP contribution in [0.1, 0.15) is 48.2 Å². The second-order valence-corrected chi connectivity index (χ2v) is 7.26. The molecular formula is C21H27N5.